The highest BCUT2D eigenvalue weighted by Gasteiger charge is 2.06. The molecule has 0 unspecified atom stereocenters. The normalized spacial score (nSPS) is 9.20. The van der Waals surface area contributed by atoms with E-state index < -0.39 is 11.9 Å². The maximum absolute atomic E-state index is 11.0. The second-order valence-electron chi connectivity index (χ2n) is 2.57. The maximum atomic E-state index is 11.0. The minimum Gasteiger partial charge on any atom is -0.468 e. The molecule has 7 heteroatoms. The molecule has 6 nitrogen and oxygen atoms in total. The second kappa shape index (κ2) is 8.05. The molecule has 0 fully saturated rings. The van der Waals surface area contributed by atoms with Gasteiger partial charge in [-0.1, -0.05) is 0 Å². The van der Waals surface area contributed by atoms with Gasteiger partial charge in [-0.05, 0) is 0 Å². The van der Waals surface area contributed by atoms with E-state index in [-0.39, 0.29) is 31.3 Å². The van der Waals surface area contributed by atoms with E-state index in [0.29, 0.717) is 0 Å². The van der Waals surface area contributed by atoms with Crippen molar-refractivity contribution in [2.45, 2.75) is 6.42 Å². The molecule has 15 heavy (non-hydrogen) atoms. The van der Waals surface area contributed by atoms with Crippen LogP contribution in [-0.4, -0.2) is 43.9 Å². The molecule has 0 bridgehead atoms. The summed E-state index contributed by atoms with van der Waals surface area (Å²) in [5.74, 6) is -1.10. The number of hydrogen-bond donors (Lipinski definition) is 2. The molecule has 0 aromatic heterocycles. The smallest absolute Gasteiger partial charge is 0.325 e. The average Bonchev–Trinajstić information content (AvgIpc) is 2.23. The van der Waals surface area contributed by atoms with Gasteiger partial charge in [0.15, 0.2) is 0 Å². The summed E-state index contributed by atoms with van der Waals surface area (Å²) < 4.78 is 4.31. The molecule has 86 valence electrons. The predicted octanol–water partition coefficient (Wildman–Crippen LogP) is -0.979. The van der Waals surface area contributed by atoms with Gasteiger partial charge in [0.25, 0.3) is 0 Å². The molecule has 0 aliphatic heterocycles. The third-order valence-corrected chi connectivity index (χ3v) is 1.61. The van der Waals surface area contributed by atoms with Crippen LogP contribution in [0, 0.1) is 0 Å². The molecule has 2 amide bonds. The third-order valence-electron chi connectivity index (χ3n) is 1.43. The summed E-state index contributed by atoms with van der Waals surface area (Å²) in [6.07, 6.45) is 0.159. The molecule has 0 spiro atoms. The summed E-state index contributed by atoms with van der Waals surface area (Å²) in [5.41, 5.74) is 0. The molecule has 0 saturated heterocycles. The van der Waals surface area contributed by atoms with Gasteiger partial charge in [0.05, 0.1) is 13.7 Å². The highest BCUT2D eigenvalue weighted by atomic mass is 35.5. The van der Waals surface area contributed by atoms with Crippen molar-refractivity contribution in [3.05, 3.63) is 0 Å². The number of amides is 2. The number of esters is 1. The molecule has 0 rings (SSSR count). The Labute approximate surface area is 92.3 Å². The van der Waals surface area contributed by atoms with Crippen LogP contribution in [0.5, 0.6) is 0 Å². The number of nitrogens with one attached hydrogen (secondary N) is 2. The fourth-order valence-corrected chi connectivity index (χ4v) is 0.830. The molecule has 0 aromatic rings. The number of rotatable bonds is 6. The lowest BCUT2D eigenvalue weighted by molar-refractivity contribution is -0.141. The molecule has 0 aromatic carbocycles. The summed E-state index contributed by atoms with van der Waals surface area (Å²) >= 11 is 5.31. The van der Waals surface area contributed by atoms with Crippen LogP contribution >= 0.6 is 11.6 Å². The maximum Gasteiger partial charge on any atom is 0.325 e. The largest absolute Gasteiger partial charge is 0.468 e. The van der Waals surface area contributed by atoms with E-state index in [1.165, 1.54) is 7.11 Å². The second-order valence-corrected chi connectivity index (χ2v) is 2.95. The lowest BCUT2D eigenvalue weighted by Crippen LogP contribution is -2.39. The first kappa shape index (κ1) is 13.7. The van der Waals surface area contributed by atoms with Gasteiger partial charge < -0.3 is 15.4 Å². The van der Waals surface area contributed by atoms with Gasteiger partial charge in [0.1, 0.15) is 6.54 Å². The van der Waals surface area contributed by atoms with E-state index in [1.54, 1.807) is 0 Å². The molecule has 2 N–H and O–H groups in total. The van der Waals surface area contributed by atoms with Crippen LogP contribution in [0.2, 0.25) is 0 Å². The number of alkyl halides is 1. The third kappa shape index (κ3) is 7.75. The number of hydrogen-bond acceptors (Lipinski definition) is 4. The Morgan fingerprint density at radius 2 is 1.73 bits per heavy atom. The van der Waals surface area contributed by atoms with Crippen LogP contribution < -0.4 is 10.6 Å². The Balaban J connectivity index is 3.57. The first-order valence-corrected chi connectivity index (χ1v) is 4.79. The van der Waals surface area contributed by atoms with E-state index >= 15 is 0 Å². The summed E-state index contributed by atoms with van der Waals surface area (Å²) in [7, 11) is 1.22. The van der Waals surface area contributed by atoms with Crippen molar-refractivity contribution in [2.24, 2.45) is 0 Å². The highest BCUT2D eigenvalue weighted by molar-refractivity contribution is 6.18. The first-order chi connectivity index (χ1) is 7.10. The van der Waals surface area contributed by atoms with Crippen LogP contribution in [0.25, 0.3) is 0 Å². The quantitative estimate of drug-likeness (QED) is 0.459. The summed E-state index contributed by atoms with van der Waals surface area (Å²) in [4.78, 5) is 32.5. The fourth-order valence-electron chi connectivity index (χ4n) is 0.658. The molecule has 0 heterocycles. The van der Waals surface area contributed by atoms with Crippen molar-refractivity contribution in [3.8, 4) is 0 Å². The van der Waals surface area contributed by atoms with Crippen LogP contribution in [-0.2, 0) is 19.1 Å². The molecular formula is C8H13ClN2O4. The van der Waals surface area contributed by atoms with Crippen LogP contribution in [0.4, 0.5) is 0 Å². The van der Waals surface area contributed by atoms with Crippen LogP contribution in [0.1, 0.15) is 6.42 Å². The Bertz CT molecular complexity index is 245. The molecule has 0 radical (unpaired) electrons. The minimum atomic E-state index is -0.546. The zero-order chi connectivity index (χ0) is 11.7. The first-order valence-electron chi connectivity index (χ1n) is 4.26. The van der Waals surface area contributed by atoms with Crippen LogP contribution in [0.15, 0.2) is 0 Å². The van der Waals surface area contributed by atoms with Gasteiger partial charge in [-0.3, -0.25) is 14.4 Å². The molecule has 0 atom stereocenters. The van der Waals surface area contributed by atoms with E-state index in [2.05, 4.69) is 15.4 Å². The standard InChI is InChI=1S/C8H13ClN2O4/c1-15-8(14)5-11-7(13)4-10-6(12)2-3-9/h2-5H2,1H3,(H,10,12)(H,11,13). The number of methoxy groups -OCH3 is 1. The number of carbonyl (C=O) groups excluding carboxylic acids is 3. The Morgan fingerprint density at radius 3 is 2.27 bits per heavy atom. The number of halogens is 1. The SMILES string of the molecule is COC(=O)CNC(=O)CNC(=O)CCCl. The minimum absolute atomic E-state index is 0.159. The van der Waals surface area contributed by atoms with Crippen molar-refractivity contribution < 1.29 is 19.1 Å². The zero-order valence-corrected chi connectivity index (χ0v) is 9.10. The Kier molecular flexibility index (Phi) is 7.35. The molecular weight excluding hydrogens is 224 g/mol. The van der Waals surface area contributed by atoms with Gasteiger partial charge >= 0.3 is 5.97 Å². The van der Waals surface area contributed by atoms with Crippen molar-refractivity contribution in [2.75, 3.05) is 26.1 Å². The summed E-state index contributed by atoms with van der Waals surface area (Å²) in [6, 6.07) is 0. The van der Waals surface area contributed by atoms with E-state index in [0.717, 1.165) is 0 Å². The topological polar surface area (TPSA) is 84.5 Å². The summed E-state index contributed by atoms with van der Waals surface area (Å²) in [5, 5.41) is 4.61. The lowest BCUT2D eigenvalue weighted by Gasteiger charge is -2.04. The number of carbonyl (C=O) groups is 3. The van der Waals surface area contributed by atoms with Gasteiger partial charge in [0.2, 0.25) is 11.8 Å². The fraction of sp³-hybridized carbons (Fsp3) is 0.625. The van der Waals surface area contributed by atoms with Gasteiger partial charge in [0, 0.05) is 12.3 Å². The van der Waals surface area contributed by atoms with Gasteiger partial charge in [-0.2, -0.15) is 0 Å². The predicted molar refractivity (Wildman–Crippen MR) is 53.4 cm³/mol. The zero-order valence-electron chi connectivity index (χ0n) is 8.34. The van der Waals surface area contributed by atoms with Gasteiger partial charge in [-0.25, -0.2) is 0 Å². The monoisotopic (exact) mass is 236 g/mol. The van der Waals surface area contributed by atoms with E-state index in [1.807, 2.05) is 0 Å². The van der Waals surface area contributed by atoms with Crippen molar-refractivity contribution >= 4 is 29.4 Å². The Morgan fingerprint density at radius 1 is 1.13 bits per heavy atom. The van der Waals surface area contributed by atoms with Crippen molar-refractivity contribution in [1.29, 1.82) is 0 Å². The number of ether oxygens (including phenoxy) is 1. The van der Waals surface area contributed by atoms with Crippen LogP contribution in [0.3, 0.4) is 0 Å². The average molecular weight is 237 g/mol. The van der Waals surface area contributed by atoms with Gasteiger partial charge in [-0.15, -0.1) is 11.6 Å². The lowest BCUT2D eigenvalue weighted by atomic mass is 10.4. The van der Waals surface area contributed by atoms with Crippen molar-refractivity contribution in [1.82, 2.24) is 10.6 Å². The highest BCUT2D eigenvalue weighted by Crippen LogP contribution is 1.83. The summed E-state index contributed by atoms with van der Waals surface area (Å²) in [6.45, 7) is -0.382. The molecule has 0 aliphatic rings. The van der Waals surface area contributed by atoms with E-state index in [4.69, 9.17) is 11.6 Å². The molecule has 0 aliphatic carbocycles. The Hall–Kier alpha value is -1.30. The van der Waals surface area contributed by atoms with E-state index in [9.17, 15) is 14.4 Å². The molecule has 0 saturated carbocycles. The van der Waals surface area contributed by atoms with Crippen molar-refractivity contribution in [3.63, 3.8) is 0 Å².